The van der Waals surface area contributed by atoms with Crippen molar-refractivity contribution in [2.45, 2.75) is 13.8 Å². The van der Waals surface area contributed by atoms with Crippen molar-refractivity contribution in [1.82, 2.24) is 14.9 Å². The number of nitrogens with one attached hydrogen (secondary N) is 1. The Morgan fingerprint density at radius 2 is 2.04 bits per heavy atom. The average molecular weight is 368 g/mol. The van der Waals surface area contributed by atoms with Gasteiger partial charge in [0.25, 0.3) is 0 Å². The summed E-state index contributed by atoms with van der Waals surface area (Å²) >= 11 is 5.32. The van der Waals surface area contributed by atoms with Gasteiger partial charge in [0.1, 0.15) is 0 Å². The lowest BCUT2D eigenvalue weighted by Gasteiger charge is -2.09. The van der Waals surface area contributed by atoms with E-state index in [1.807, 2.05) is 56.3 Å². The van der Waals surface area contributed by atoms with E-state index in [2.05, 4.69) is 15.3 Å². The quantitative estimate of drug-likeness (QED) is 0.523. The molecule has 2 aromatic carbocycles. The topological polar surface area (TPSA) is 64.4 Å². The minimum atomic E-state index is 0.428. The molecule has 0 radical (unpaired) electrons. The zero-order valence-electron chi connectivity index (χ0n) is 14.9. The second kappa shape index (κ2) is 7.97. The minimum Gasteiger partial charge on any atom is -0.493 e. The number of benzene rings is 2. The molecule has 1 N–H and O–H groups in total. The largest absolute Gasteiger partial charge is 0.493 e. The lowest BCUT2D eigenvalue weighted by molar-refractivity contribution is 0.311. The highest BCUT2D eigenvalue weighted by atomic mass is 32.1. The Balaban J connectivity index is 1.96. The third-order valence-electron chi connectivity index (χ3n) is 3.85. The maximum atomic E-state index is 5.54. The molecule has 1 heterocycles. The van der Waals surface area contributed by atoms with Gasteiger partial charge in [-0.1, -0.05) is 24.3 Å². The summed E-state index contributed by atoms with van der Waals surface area (Å²) in [5, 5.41) is 11.6. The lowest BCUT2D eigenvalue weighted by Crippen LogP contribution is -1.98. The van der Waals surface area contributed by atoms with E-state index in [1.54, 1.807) is 18.0 Å². The Morgan fingerprint density at radius 1 is 1.23 bits per heavy atom. The van der Waals surface area contributed by atoms with E-state index >= 15 is 0 Å². The van der Waals surface area contributed by atoms with Gasteiger partial charge in [0.2, 0.25) is 4.77 Å². The molecule has 0 atom stereocenters. The van der Waals surface area contributed by atoms with Crippen LogP contribution in [0, 0.1) is 11.7 Å². The third-order valence-corrected chi connectivity index (χ3v) is 4.11. The molecule has 0 fully saturated rings. The number of H-pyrrole nitrogens is 1. The predicted octanol–water partition coefficient (Wildman–Crippen LogP) is 4.21. The maximum Gasteiger partial charge on any atom is 0.216 e. The molecule has 1 aromatic heterocycles. The van der Waals surface area contributed by atoms with E-state index in [-0.39, 0.29) is 0 Å². The van der Waals surface area contributed by atoms with Crippen LogP contribution in [0.1, 0.15) is 18.1 Å². The Labute approximate surface area is 157 Å². The van der Waals surface area contributed by atoms with Crippen molar-refractivity contribution >= 4 is 18.4 Å². The predicted molar refractivity (Wildman–Crippen MR) is 105 cm³/mol. The van der Waals surface area contributed by atoms with Crippen LogP contribution in [-0.2, 0) is 0 Å². The van der Waals surface area contributed by atoms with Crippen molar-refractivity contribution in [2.75, 3.05) is 13.7 Å². The first-order chi connectivity index (χ1) is 12.6. The number of hydrogen-bond acceptors (Lipinski definition) is 5. The molecule has 0 amide bonds. The van der Waals surface area contributed by atoms with E-state index in [0.29, 0.717) is 28.7 Å². The Kier molecular flexibility index (Phi) is 5.48. The summed E-state index contributed by atoms with van der Waals surface area (Å²) in [4.78, 5) is 0. The molecule has 6 nitrogen and oxygen atoms in total. The SMILES string of the molecule is CCOc1ccc(C=Nn2c(-c3ccccc3C)n[nH]c2=S)cc1OC. The molecular weight excluding hydrogens is 348 g/mol. The first kappa shape index (κ1) is 17.9. The van der Waals surface area contributed by atoms with Crippen LogP contribution >= 0.6 is 12.2 Å². The number of rotatable bonds is 6. The second-order valence-electron chi connectivity index (χ2n) is 5.57. The van der Waals surface area contributed by atoms with Gasteiger partial charge >= 0.3 is 0 Å². The maximum absolute atomic E-state index is 5.54. The van der Waals surface area contributed by atoms with Gasteiger partial charge in [0.05, 0.1) is 19.9 Å². The summed E-state index contributed by atoms with van der Waals surface area (Å²) in [5.74, 6) is 2.03. The van der Waals surface area contributed by atoms with Gasteiger partial charge in [0, 0.05) is 5.56 Å². The molecule has 0 saturated carbocycles. The molecule has 0 unspecified atom stereocenters. The number of aryl methyl sites for hydroxylation is 1. The van der Waals surface area contributed by atoms with Gasteiger partial charge in [-0.05, 0) is 55.4 Å². The van der Waals surface area contributed by atoms with Gasteiger partial charge in [-0.25, -0.2) is 5.10 Å². The van der Waals surface area contributed by atoms with Crippen molar-refractivity contribution in [1.29, 1.82) is 0 Å². The first-order valence-corrected chi connectivity index (χ1v) is 8.63. The summed E-state index contributed by atoms with van der Waals surface area (Å²) in [6, 6.07) is 13.6. The molecule has 0 spiro atoms. The van der Waals surface area contributed by atoms with E-state index in [0.717, 1.165) is 16.7 Å². The van der Waals surface area contributed by atoms with Crippen LogP contribution in [0.4, 0.5) is 0 Å². The van der Waals surface area contributed by atoms with Gasteiger partial charge in [-0.15, -0.1) is 0 Å². The van der Waals surface area contributed by atoms with Crippen molar-refractivity contribution in [2.24, 2.45) is 5.10 Å². The van der Waals surface area contributed by atoms with Crippen molar-refractivity contribution in [3.8, 4) is 22.9 Å². The van der Waals surface area contributed by atoms with Crippen molar-refractivity contribution in [3.05, 3.63) is 58.4 Å². The Bertz CT molecular complexity index is 991. The lowest BCUT2D eigenvalue weighted by atomic mass is 10.1. The van der Waals surface area contributed by atoms with Gasteiger partial charge in [-0.2, -0.15) is 14.9 Å². The summed E-state index contributed by atoms with van der Waals surface area (Å²) in [6.07, 6.45) is 1.71. The molecule has 0 saturated heterocycles. The molecule has 0 bridgehead atoms. The van der Waals surface area contributed by atoms with Crippen LogP contribution in [0.2, 0.25) is 0 Å². The zero-order chi connectivity index (χ0) is 18.5. The highest BCUT2D eigenvalue weighted by Gasteiger charge is 2.10. The Morgan fingerprint density at radius 3 is 2.77 bits per heavy atom. The number of hydrogen-bond donors (Lipinski definition) is 1. The number of methoxy groups -OCH3 is 1. The van der Waals surface area contributed by atoms with Gasteiger partial charge < -0.3 is 9.47 Å². The standard InChI is InChI=1S/C19H20N4O2S/c1-4-25-16-10-9-14(11-17(16)24-3)12-20-23-18(21-22-19(23)26)15-8-6-5-7-13(15)2/h5-12H,4H2,1-3H3,(H,22,26). The molecule has 0 aliphatic carbocycles. The van der Waals surface area contributed by atoms with E-state index in [1.165, 1.54) is 0 Å². The van der Waals surface area contributed by atoms with Crippen LogP contribution in [0.5, 0.6) is 11.5 Å². The number of nitrogens with zero attached hydrogens (tertiary/aromatic N) is 3. The smallest absolute Gasteiger partial charge is 0.216 e. The third kappa shape index (κ3) is 3.67. The monoisotopic (exact) mass is 368 g/mol. The molecule has 0 aliphatic rings. The number of aromatic amines is 1. The molecule has 26 heavy (non-hydrogen) atoms. The number of ether oxygens (including phenoxy) is 2. The van der Waals surface area contributed by atoms with Crippen LogP contribution in [0.25, 0.3) is 11.4 Å². The van der Waals surface area contributed by atoms with Crippen LogP contribution in [-0.4, -0.2) is 34.8 Å². The highest BCUT2D eigenvalue weighted by molar-refractivity contribution is 7.71. The average Bonchev–Trinajstić information content (AvgIpc) is 3.02. The van der Waals surface area contributed by atoms with E-state index < -0.39 is 0 Å². The zero-order valence-corrected chi connectivity index (χ0v) is 15.7. The molecule has 3 rings (SSSR count). The fourth-order valence-electron chi connectivity index (χ4n) is 2.56. The fraction of sp³-hybridized carbons (Fsp3) is 0.211. The van der Waals surface area contributed by atoms with Crippen molar-refractivity contribution in [3.63, 3.8) is 0 Å². The molecule has 134 valence electrons. The van der Waals surface area contributed by atoms with E-state index in [4.69, 9.17) is 21.7 Å². The number of aromatic nitrogens is 3. The highest BCUT2D eigenvalue weighted by Crippen LogP contribution is 2.27. The van der Waals surface area contributed by atoms with Crippen molar-refractivity contribution < 1.29 is 9.47 Å². The van der Waals surface area contributed by atoms with Gasteiger partial charge in [0.15, 0.2) is 17.3 Å². The molecular formula is C19H20N4O2S. The van der Waals surface area contributed by atoms with Crippen LogP contribution < -0.4 is 9.47 Å². The first-order valence-electron chi connectivity index (χ1n) is 8.22. The fourth-order valence-corrected chi connectivity index (χ4v) is 2.74. The second-order valence-corrected chi connectivity index (χ2v) is 5.95. The summed E-state index contributed by atoms with van der Waals surface area (Å²) < 4.78 is 13.0. The van der Waals surface area contributed by atoms with Crippen LogP contribution in [0.3, 0.4) is 0 Å². The summed E-state index contributed by atoms with van der Waals surface area (Å²) in [7, 11) is 1.61. The molecule has 3 aromatic rings. The van der Waals surface area contributed by atoms with Crippen LogP contribution in [0.15, 0.2) is 47.6 Å². The summed E-state index contributed by atoms with van der Waals surface area (Å²) in [5.41, 5.74) is 2.94. The molecule has 7 heteroatoms. The summed E-state index contributed by atoms with van der Waals surface area (Å²) in [6.45, 7) is 4.54. The minimum absolute atomic E-state index is 0.428. The Hall–Kier alpha value is -2.93. The normalized spacial score (nSPS) is 11.0. The van der Waals surface area contributed by atoms with Gasteiger partial charge in [-0.3, -0.25) is 0 Å². The van der Waals surface area contributed by atoms with E-state index in [9.17, 15) is 0 Å². The molecule has 0 aliphatic heterocycles.